The van der Waals surface area contributed by atoms with Crippen molar-refractivity contribution in [3.05, 3.63) is 29.6 Å². The molecule has 0 unspecified atom stereocenters. The van der Waals surface area contributed by atoms with E-state index in [9.17, 15) is 14.0 Å². The van der Waals surface area contributed by atoms with Gasteiger partial charge in [-0.15, -0.1) is 12.6 Å². The van der Waals surface area contributed by atoms with Crippen LogP contribution in [0.4, 0.5) is 4.39 Å². The summed E-state index contributed by atoms with van der Waals surface area (Å²) in [6, 6.07) is 4.03. The summed E-state index contributed by atoms with van der Waals surface area (Å²) in [6.45, 7) is 5.25. The third-order valence-corrected chi connectivity index (χ3v) is 3.21. The Kier molecular flexibility index (Phi) is 6.51. The summed E-state index contributed by atoms with van der Waals surface area (Å²) >= 11 is 4.06. The maximum Gasteiger partial charge on any atom is 0.254 e. The van der Waals surface area contributed by atoms with Crippen LogP contribution in [0.15, 0.2) is 23.1 Å². The highest BCUT2D eigenvalue weighted by Crippen LogP contribution is 2.13. The van der Waals surface area contributed by atoms with Gasteiger partial charge in [-0.25, -0.2) is 4.39 Å². The quantitative estimate of drug-likeness (QED) is 0.790. The summed E-state index contributed by atoms with van der Waals surface area (Å²) in [7, 11) is 0. The third-order valence-electron chi connectivity index (χ3n) is 2.94. The number of nitrogens with zero attached hydrogens (tertiary/aromatic N) is 1. The molecule has 0 heterocycles. The second-order valence-corrected chi connectivity index (χ2v) is 4.75. The summed E-state index contributed by atoms with van der Waals surface area (Å²) < 4.78 is 13.5. The van der Waals surface area contributed by atoms with Gasteiger partial charge in [-0.2, -0.15) is 0 Å². The van der Waals surface area contributed by atoms with Crippen LogP contribution in [0, 0.1) is 5.82 Å². The number of benzene rings is 1. The van der Waals surface area contributed by atoms with E-state index in [2.05, 4.69) is 17.9 Å². The van der Waals surface area contributed by atoms with Crippen LogP contribution in [0.25, 0.3) is 0 Å². The van der Waals surface area contributed by atoms with Crippen molar-refractivity contribution in [2.75, 3.05) is 19.6 Å². The van der Waals surface area contributed by atoms with Gasteiger partial charge in [0.05, 0.1) is 5.56 Å². The fourth-order valence-electron chi connectivity index (χ4n) is 1.80. The van der Waals surface area contributed by atoms with E-state index in [-0.39, 0.29) is 24.4 Å². The van der Waals surface area contributed by atoms with Crippen LogP contribution in [0.5, 0.6) is 0 Å². The monoisotopic (exact) mass is 298 g/mol. The molecule has 0 aliphatic rings. The Morgan fingerprint density at radius 1 is 1.30 bits per heavy atom. The molecule has 0 aliphatic heterocycles. The Labute approximate surface area is 123 Å². The van der Waals surface area contributed by atoms with Crippen molar-refractivity contribution in [2.24, 2.45) is 0 Å². The molecule has 4 nitrogen and oxygen atoms in total. The zero-order chi connectivity index (χ0) is 15.1. The number of nitrogens with one attached hydrogen (secondary N) is 1. The molecule has 0 fully saturated rings. The predicted octanol–water partition coefficient (Wildman–Crippen LogP) is 2.10. The molecule has 6 heteroatoms. The second-order valence-electron chi connectivity index (χ2n) is 4.24. The molecule has 2 amide bonds. The summed E-state index contributed by atoms with van der Waals surface area (Å²) in [5.74, 6) is -1.17. The van der Waals surface area contributed by atoms with Crippen molar-refractivity contribution in [2.45, 2.75) is 25.2 Å². The smallest absolute Gasteiger partial charge is 0.254 e. The number of hydrogen-bond acceptors (Lipinski definition) is 3. The Bertz CT molecular complexity index is 490. The predicted molar refractivity (Wildman–Crippen MR) is 78.5 cm³/mol. The lowest BCUT2D eigenvalue weighted by molar-refractivity contribution is -0.130. The average molecular weight is 298 g/mol. The molecular formula is C14H19FN2O2S. The minimum absolute atomic E-state index is 0.0290. The minimum atomic E-state index is -0.602. The molecule has 0 spiro atoms. The van der Waals surface area contributed by atoms with Gasteiger partial charge < -0.3 is 10.2 Å². The van der Waals surface area contributed by atoms with Gasteiger partial charge in [-0.3, -0.25) is 9.59 Å². The van der Waals surface area contributed by atoms with Gasteiger partial charge in [0.15, 0.2) is 0 Å². The molecule has 0 saturated heterocycles. The van der Waals surface area contributed by atoms with Crippen LogP contribution in [0.2, 0.25) is 0 Å². The zero-order valence-corrected chi connectivity index (χ0v) is 12.5. The van der Waals surface area contributed by atoms with Crippen molar-refractivity contribution in [3.8, 4) is 0 Å². The van der Waals surface area contributed by atoms with E-state index in [1.54, 1.807) is 4.90 Å². The number of carbonyl (C=O) groups is 2. The summed E-state index contributed by atoms with van der Waals surface area (Å²) in [5, 5.41) is 2.54. The molecule has 110 valence electrons. The van der Waals surface area contributed by atoms with Crippen LogP contribution >= 0.6 is 12.6 Å². The topological polar surface area (TPSA) is 49.4 Å². The van der Waals surface area contributed by atoms with E-state index in [4.69, 9.17) is 0 Å². The Balaban J connectivity index is 2.52. The minimum Gasteiger partial charge on any atom is -0.351 e. The van der Waals surface area contributed by atoms with Gasteiger partial charge >= 0.3 is 0 Å². The van der Waals surface area contributed by atoms with Crippen molar-refractivity contribution in [3.63, 3.8) is 0 Å². The molecule has 0 atom stereocenters. The zero-order valence-electron chi connectivity index (χ0n) is 11.6. The first-order valence-corrected chi connectivity index (χ1v) is 6.98. The van der Waals surface area contributed by atoms with Gasteiger partial charge in [0.25, 0.3) is 5.91 Å². The fraction of sp³-hybridized carbons (Fsp3) is 0.429. The van der Waals surface area contributed by atoms with Crippen molar-refractivity contribution in [1.82, 2.24) is 10.2 Å². The molecule has 0 radical (unpaired) electrons. The molecule has 20 heavy (non-hydrogen) atoms. The van der Waals surface area contributed by atoms with Gasteiger partial charge in [0.1, 0.15) is 5.82 Å². The lowest BCUT2D eigenvalue weighted by atomic mass is 10.2. The molecule has 1 aromatic carbocycles. The van der Waals surface area contributed by atoms with Crippen LogP contribution in [0.3, 0.4) is 0 Å². The maximum atomic E-state index is 13.5. The third kappa shape index (κ3) is 4.52. The number of carbonyl (C=O) groups excluding carboxylic acids is 2. The van der Waals surface area contributed by atoms with Gasteiger partial charge in [0.2, 0.25) is 5.91 Å². The van der Waals surface area contributed by atoms with E-state index in [1.807, 2.05) is 13.8 Å². The standard InChI is InChI=1S/C14H19FN2O2S/c1-3-17(4-2)13(18)7-8-16-14(19)11-9-10(20)5-6-12(11)15/h5-6,9,20H,3-4,7-8H2,1-2H3,(H,16,19). The highest BCUT2D eigenvalue weighted by atomic mass is 32.1. The van der Waals surface area contributed by atoms with Crippen LogP contribution in [-0.4, -0.2) is 36.3 Å². The van der Waals surface area contributed by atoms with Crippen molar-refractivity contribution < 1.29 is 14.0 Å². The number of amides is 2. The molecule has 1 N–H and O–H groups in total. The van der Waals surface area contributed by atoms with Gasteiger partial charge in [-0.05, 0) is 32.0 Å². The highest BCUT2D eigenvalue weighted by molar-refractivity contribution is 7.80. The van der Waals surface area contributed by atoms with E-state index >= 15 is 0 Å². The van der Waals surface area contributed by atoms with E-state index in [0.717, 1.165) is 0 Å². The first kappa shape index (κ1) is 16.5. The SMILES string of the molecule is CCN(CC)C(=O)CCNC(=O)c1cc(S)ccc1F. The lowest BCUT2D eigenvalue weighted by Gasteiger charge is -2.18. The summed E-state index contributed by atoms with van der Waals surface area (Å²) in [6.07, 6.45) is 0.204. The van der Waals surface area contributed by atoms with E-state index in [0.29, 0.717) is 18.0 Å². The summed E-state index contributed by atoms with van der Waals surface area (Å²) in [5.41, 5.74) is -0.0622. The van der Waals surface area contributed by atoms with Crippen molar-refractivity contribution in [1.29, 1.82) is 0 Å². The van der Waals surface area contributed by atoms with Crippen LogP contribution in [-0.2, 0) is 4.79 Å². The summed E-state index contributed by atoms with van der Waals surface area (Å²) in [4.78, 5) is 25.7. The van der Waals surface area contributed by atoms with Gasteiger partial charge in [0, 0.05) is 31.0 Å². The number of hydrogen-bond donors (Lipinski definition) is 2. The molecule has 0 saturated carbocycles. The number of rotatable bonds is 6. The molecule has 0 aliphatic carbocycles. The first-order valence-electron chi connectivity index (χ1n) is 6.54. The molecule has 0 aromatic heterocycles. The largest absolute Gasteiger partial charge is 0.351 e. The Hall–Kier alpha value is -1.56. The van der Waals surface area contributed by atoms with Gasteiger partial charge in [-0.1, -0.05) is 0 Å². The second kappa shape index (κ2) is 7.89. The van der Waals surface area contributed by atoms with Crippen molar-refractivity contribution >= 4 is 24.4 Å². The maximum absolute atomic E-state index is 13.5. The molecule has 0 bridgehead atoms. The molecule has 1 rings (SSSR count). The van der Waals surface area contributed by atoms with Crippen LogP contribution in [0.1, 0.15) is 30.6 Å². The van der Waals surface area contributed by atoms with E-state index in [1.165, 1.54) is 18.2 Å². The van der Waals surface area contributed by atoms with E-state index < -0.39 is 11.7 Å². The fourth-order valence-corrected chi connectivity index (χ4v) is 2.00. The normalized spacial score (nSPS) is 10.2. The lowest BCUT2D eigenvalue weighted by Crippen LogP contribution is -2.34. The number of halogens is 1. The number of thiol groups is 1. The highest BCUT2D eigenvalue weighted by Gasteiger charge is 2.13. The van der Waals surface area contributed by atoms with Crippen LogP contribution < -0.4 is 5.32 Å². The molecular weight excluding hydrogens is 279 g/mol. The molecule has 1 aromatic rings. The average Bonchev–Trinajstić information content (AvgIpc) is 2.42. The Morgan fingerprint density at radius 3 is 2.55 bits per heavy atom. The Morgan fingerprint density at radius 2 is 1.95 bits per heavy atom. The first-order chi connectivity index (χ1) is 9.49.